The molecule has 0 unspecified atom stereocenters. The third-order valence-corrected chi connectivity index (χ3v) is 2.82. The minimum absolute atomic E-state index is 0.343. The van der Waals surface area contributed by atoms with E-state index in [1.807, 2.05) is 19.9 Å². The molecule has 1 N–H and O–H groups in total. The van der Waals surface area contributed by atoms with Gasteiger partial charge in [0.05, 0.1) is 6.10 Å². The average Bonchev–Trinajstić information content (AvgIpc) is 2.16. The Morgan fingerprint density at radius 3 is 2.67 bits per heavy atom. The van der Waals surface area contributed by atoms with Crippen LogP contribution in [-0.2, 0) is 0 Å². The van der Waals surface area contributed by atoms with Gasteiger partial charge in [-0.25, -0.2) is 0 Å². The van der Waals surface area contributed by atoms with Crippen LogP contribution in [0.25, 0.3) is 0 Å². The van der Waals surface area contributed by atoms with Gasteiger partial charge in [-0.2, -0.15) is 0 Å². The minimum Gasteiger partial charge on any atom is -0.388 e. The molecule has 0 amide bonds. The maximum absolute atomic E-state index is 10.6. The van der Waals surface area contributed by atoms with Crippen molar-refractivity contribution in [2.75, 3.05) is 0 Å². The van der Waals surface area contributed by atoms with Crippen LogP contribution in [0.1, 0.15) is 31.9 Å². The van der Waals surface area contributed by atoms with Crippen LogP contribution in [0.5, 0.6) is 0 Å². The molecular formula is C11H14INO2. The van der Waals surface area contributed by atoms with Gasteiger partial charge in [0.2, 0.25) is 0 Å². The Kier molecular flexibility index (Phi) is 4.66. The van der Waals surface area contributed by atoms with Gasteiger partial charge in [0.15, 0.2) is 0 Å². The second kappa shape index (κ2) is 5.55. The quantitative estimate of drug-likeness (QED) is 0.678. The van der Waals surface area contributed by atoms with Crippen LogP contribution in [0.2, 0.25) is 0 Å². The predicted molar refractivity (Wildman–Crippen MR) is 69.0 cm³/mol. The molecule has 15 heavy (non-hydrogen) atoms. The molecule has 0 aliphatic carbocycles. The van der Waals surface area contributed by atoms with Gasteiger partial charge >= 0.3 is 0 Å². The fourth-order valence-electron chi connectivity index (χ4n) is 1.45. The van der Waals surface area contributed by atoms with Crippen molar-refractivity contribution in [1.29, 1.82) is 0 Å². The molecule has 0 aliphatic rings. The van der Waals surface area contributed by atoms with Crippen molar-refractivity contribution in [3.05, 3.63) is 32.2 Å². The van der Waals surface area contributed by atoms with Crippen LogP contribution < -0.4 is 0 Å². The van der Waals surface area contributed by atoms with Crippen LogP contribution in [0, 0.1) is 14.4 Å². The van der Waals surface area contributed by atoms with Gasteiger partial charge in [0.1, 0.15) is 5.69 Å². The van der Waals surface area contributed by atoms with E-state index in [9.17, 15) is 10.0 Å². The van der Waals surface area contributed by atoms with Crippen LogP contribution >= 0.6 is 22.6 Å². The highest BCUT2D eigenvalue weighted by Crippen LogP contribution is 2.30. The number of benzene rings is 1. The summed E-state index contributed by atoms with van der Waals surface area (Å²) in [6.45, 7) is 4.06. The van der Waals surface area contributed by atoms with Crippen molar-refractivity contribution in [1.82, 2.24) is 0 Å². The van der Waals surface area contributed by atoms with Gasteiger partial charge < -0.3 is 5.11 Å². The molecule has 0 aliphatic heterocycles. The lowest BCUT2D eigenvalue weighted by atomic mass is 9.98. The molecule has 0 radical (unpaired) electrons. The molecule has 0 fully saturated rings. The van der Waals surface area contributed by atoms with Crippen LogP contribution in [0.3, 0.4) is 0 Å². The zero-order valence-corrected chi connectivity index (χ0v) is 10.9. The van der Waals surface area contributed by atoms with Crippen LogP contribution in [-0.4, -0.2) is 5.11 Å². The van der Waals surface area contributed by atoms with E-state index in [-0.39, 0.29) is 0 Å². The van der Waals surface area contributed by atoms with E-state index in [1.165, 1.54) is 0 Å². The lowest BCUT2D eigenvalue weighted by Crippen LogP contribution is -2.02. The van der Waals surface area contributed by atoms with E-state index in [0.29, 0.717) is 23.6 Å². The topological polar surface area (TPSA) is 49.7 Å². The summed E-state index contributed by atoms with van der Waals surface area (Å²) in [5, 5.41) is 12.8. The molecule has 4 heteroatoms. The third-order valence-electron chi connectivity index (χ3n) is 2.14. The van der Waals surface area contributed by atoms with E-state index in [2.05, 4.69) is 27.8 Å². The van der Waals surface area contributed by atoms with Gasteiger partial charge in [-0.05, 0) is 52.2 Å². The number of aliphatic hydroxyl groups is 1. The standard InChI is InChI=1S/C11H14INO2/c1-7(2)5-11(14)9-4-3-8(12)6-10(9)13-15/h3-4,6-7,11,14H,5H2,1-2H3/t11-/m0/s1. The highest BCUT2D eigenvalue weighted by atomic mass is 127. The maximum atomic E-state index is 10.6. The fraction of sp³-hybridized carbons (Fsp3) is 0.455. The molecule has 82 valence electrons. The Hall–Kier alpha value is -0.490. The first-order valence-electron chi connectivity index (χ1n) is 4.85. The van der Waals surface area contributed by atoms with Crippen molar-refractivity contribution < 1.29 is 5.11 Å². The number of aliphatic hydroxyl groups excluding tert-OH is 1. The summed E-state index contributed by atoms with van der Waals surface area (Å²) in [5.74, 6) is 0.388. The van der Waals surface area contributed by atoms with Gasteiger partial charge in [-0.3, -0.25) is 0 Å². The number of rotatable bonds is 4. The molecule has 1 rings (SSSR count). The summed E-state index contributed by atoms with van der Waals surface area (Å²) < 4.78 is 0.947. The van der Waals surface area contributed by atoms with E-state index in [1.54, 1.807) is 12.1 Å². The smallest absolute Gasteiger partial charge is 0.114 e. The number of halogens is 1. The molecule has 0 heterocycles. The highest BCUT2D eigenvalue weighted by molar-refractivity contribution is 14.1. The van der Waals surface area contributed by atoms with Crippen molar-refractivity contribution >= 4 is 28.3 Å². The Morgan fingerprint density at radius 2 is 2.13 bits per heavy atom. The van der Waals surface area contributed by atoms with Crippen molar-refractivity contribution in [2.45, 2.75) is 26.4 Å². The summed E-state index contributed by atoms with van der Waals surface area (Å²) in [6.07, 6.45) is 0.0398. The summed E-state index contributed by atoms with van der Waals surface area (Å²) in [5.41, 5.74) is 0.967. The second-order valence-electron chi connectivity index (χ2n) is 3.94. The van der Waals surface area contributed by atoms with Crippen molar-refractivity contribution in [2.24, 2.45) is 11.1 Å². The number of nitroso groups, excluding NO2 is 1. The SMILES string of the molecule is CC(C)C[C@H](O)c1ccc(I)cc1N=O. The third kappa shape index (κ3) is 3.53. The van der Waals surface area contributed by atoms with Crippen molar-refractivity contribution in [3.8, 4) is 0 Å². The molecule has 1 atom stereocenters. The first-order chi connectivity index (χ1) is 7.04. The average molecular weight is 319 g/mol. The number of nitrogens with zero attached hydrogens (tertiary/aromatic N) is 1. The summed E-state index contributed by atoms with van der Waals surface area (Å²) >= 11 is 2.11. The van der Waals surface area contributed by atoms with Gasteiger partial charge in [-0.15, -0.1) is 4.91 Å². The number of hydrogen-bond donors (Lipinski definition) is 1. The second-order valence-corrected chi connectivity index (χ2v) is 5.19. The van der Waals surface area contributed by atoms with E-state index in [0.717, 1.165) is 3.57 Å². The zero-order valence-electron chi connectivity index (χ0n) is 8.77. The number of hydrogen-bond acceptors (Lipinski definition) is 3. The molecule has 1 aromatic rings. The van der Waals surface area contributed by atoms with Crippen molar-refractivity contribution in [3.63, 3.8) is 0 Å². The molecule has 0 aromatic heterocycles. The first kappa shape index (κ1) is 12.6. The summed E-state index contributed by atoms with van der Waals surface area (Å²) in [6, 6.07) is 5.33. The zero-order chi connectivity index (χ0) is 11.4. The molecule has 3 nitrogen and oxygen atoms in total. The van der Waals surface area contributed by atoms with Gasteiger partial charge in [0.25, 0.3) is 0 Å². The Morgan fingerprint density at radius 1 is 1.47 bits per heavy atom. The largest absolute Gasteiger partial charge is 0.388 e. The Labute approximate surface area is 103 Å². The molecule has 0 saturated carbocycles. The van der Waals surface area contributed by atoms with E-state index < -0.39 is 6.10 Å². The van der Waals surface area contributed by atoms with Gasteiger partial charge in [-0.1, -0.05) is 19.9 Å². The first-order valence-corrected chi connectivity index (χ1v) is 5.93. The highest BCUT2D eigenvalue weighted by Gasteiger charge is 2.14. The molecule has 0 spiro atoms. The lowest BCUT2D eigenvalue weighted by molar-refractivity contribution is 0.151. The molecule has 1 aromatic carbocycles. The Balaban J connectivity index is 2.97. The summed E-state index contributed by atoms with van der Waals surface area (Å²) in [7, 11) is 0. The van der Waals surface area contributed by atoms with Crippen LogP contribution in [0.15, 0.2) is 23.4 Å². The lowest BCUT2D eigenvalue weighted by Gasteiger charge is -2.14. The maximum Gasteiger partial charge on any atom is 0.114 e. The monoisotopic (exact) mass is 319 g/mol. The van der Waals surface area contributed by atoms with Gasteiger partial charge in [0, 0.05) is 9.13 Å². The van der Waals surface area contributed by atoms with Crippen LogP contribution in [0.4, 0.5) is 5.69 Å². The predicted octanol–water partition coefficient (Wildman–Crippen LogP) is 3.77. The minimum atomic E-state index is -0.602. The molecular weight excluding hydrogens is 305 g/mol. The van der Waals surface area contributed by atoms with E-state index >= 15 is 0 Å². The summed E-state index contributed by atoms with van der Waals surface area (Å²) in [4.78, 5) is 10.6. The molecule has 0 bridgehead atoms. The van der Waals surface area contributed by atoms with E-state index in [4.69, 9.17) is 0 Å². The normalized spacial score (nSPS) is 12.9. The fourth-order valence-corrected chi connectivity index (χ4v) is 1.93. The molecule has 0 saturated heterocycles. The Bertz CT molecular complexity index is 352.